The minimum absolute atomic E-state index is 0.777. The molecule has 0 aliphatic heterocycles. The van der Waals surface area contributed by atoms with Crippen LogP contribution in [0.25, 0.3) is 0 Å². The van der Waals surface area contributed by atoms with E-state index < -0.39 is 0 Å². The van der Waals surface area contributed by atoms with Gasteiger partial charge in [-0.05, 0) is 25.1 Å². The predicted octanol–water partition coefficient (Wildman–Crippen LogP) is 2.51. The van der Waals surface area contributed by atoms with E-state index in [1.54, 1.807) is 24.2 Å². The third-order valence-corrected chi connectivity index (χ3v) is 3.12. The van der Waals surface area contributed by atoms with E-state index in [-0.39, 0.29) is 0 Å². The maximum Gasteiger partial charge on any atom is 0.188 e. The first-order valence-corrected chi connectivity index (χ1v) is 6.31. The van der Waals surface area contributed by atoms with Crippen molar-refractivity contribution >= 4 is 17.4 Å². The highest BCUT2D eigenvalue weighted by Gasteiger charge is 2.01. The lowest BCUT2D eigenvalue weighted by Crippen LogP contribution is -1.93. The van der Waals surface area contributed by atoms with Gasteiger partial charge in [0.1, 0.15) is 0 Å². The van der Waals surface area contributed by atoms with Crippen LogP contribution < -0.4 is 5.32 Å². The summed E-state index contributed by atoms with van der Waals surface area (Å²) in [7, 11) is 1.90. The van der Waals surface area contributed by atoms with E-state index >= 15 is 0 Å². The molecule has 0 aromatic carbocycles. The van der Waals surface area contributed by atoms with Crippen molar-refractivity contribution in [3.05, 3.63) is 42.0 Å². The van der Waals surface area contributed by atoms with Gasteiger partial charge < -0.3 is 5.32 Å². The molecular weight excluding hydrogens is 232 g/mol. The molecule has 0 radical (unpaired) electrons. The Bertz CT molecular complexity index is 501. The molecule has 0 aliphatic rings. The first-order valence-electron chi connectivity index (χ1n) is 5.33. The maximum atomic E-state index is 4.34. The Hall–Kier alpha value is -1.62. The minimum Gasteiger partial charge on any atom is -0.388 e. The highest BCUT2D eigenvalue weighted by atomic mass is 32.2. The smallest absolute Gasteiger partial charge is 0.188 e. The number of pyridine rings is 1. The van der Waals surface area contributed by atoms with E-state index in [1.807, 2.05) is 32.2 Å². The number of nitrogens with one attached hydrogen (secondary N) is 1. The molecule has 0 spiro atoms. The van der Waals surface area contributed by atoms with E-state index in [2.05, 4.69) is 20.3 Å². The van der Waals surface area contributed by atoms with Gasteiger partial charge in [-0.15, -0.1) is 0 Å². The summed E-state index contributed by atoms with van der Waals surface area (Å²) in [6.07, 6.45) is 3.58. The molecule has 2 aromatic heterocycles. The van der Waals surface area contributed by atoms with Crippen LogP contribution in [0.4, 0.5) is 5.69 Å². The summed E-state index contributed by atoms with van der Waals surface area (Å²) in [5, 5.41) is 3.89. The molecular formula is C12H14N4S. The van der Waals surface area contributed by atoms with Gasteiger partial charge in [-0.25, -0.2) is 9.97 Å². The monoisotopic (exact) mass is 246 g/mol. The average Bonchev–Trinajstić information content (AvgIpc) is 2.37. The van der Waals surface area contributed by atoms with Gasteiger partial charge in [0.25, 0.3) is 0 Å². The number of aryl methyl sites for hydroxylation is 1. The summed E-state index contributed by atoms with van der Waals surface area (Å²) in [5.41, 5.74) is 3.08. The normalized spacial score (nSPS) is 10.2. The fourth-order valence-corrected chi connectivity index (χ4v) is 2.13. The number of nitrogens with zero attached hydrogens (tertiary/aromatic N) is 3. The Labute approximate surface area is 105 Å². The summed E-state index contributed by atoms with van der Waals surface area (Å²) >= 11 is 1.59. The van der Waals surface area contributed by atoms with Gasteiger partial charge in [-0.1, -0.05) is 11.8 Å². The Morgan fingerprint density at radius 3 is 2.82 bits per heavy atom. The van der Waals surface area contributed by atoms with Crippen LogP contribution in [-0.4, -0.2) is 22.0 Å². The summed E-state index contributed by atoms with van der Waals surface area (Å²) in [6.45, 7) is 1.96. The number of hydrogen-bond acceptors (Lipinski definition) is 5. The molecule has 0 unspecified atom stereocenters. The van der Waals surface area contributed by atoms with Crippen molar-refractivity contribution in [3.63, 3.8) is 0 Å². The fourth-order valence-electron chi connectivity index (χ4n) is 1.35. The Morgan fingerprint density at radius 1 is 1.24 bits per heavy atom. The highest BCUT2D eigenvalue weighted by Crippen LogP contribution is 2.19. The molecule has 0 amide bonds. The van der Waals surface area contributed by atoms with Crippen LogP contribution in [0.2, 0.25) is 0 Å². The summed E-state index contributed by atoms with van der Waals surface area (Å²) in [5.74, 6) is 0.777. The standard InChI is InChI=1S/C12H14N4S/c1-9-3-5-15-12(16-9)17-8-11-7-10(13-2)4-6-14-11/h3-7H,8H2,1-2H3,(H,13,14). The summed E-state index contributed by atoms with van der Waals surface area (Å²) in [6, 6.07) is 5.87. The Kier molecular flexibility index (Phi) is 3.93. The molecule has 0 atom stereocenters. The maximum absolute atomic E-state index is 4.34. The van der Waals surface area contributed by atoms with Crippen molar-refractivity contribution in [2.75, 3.05) is 12.4 Å². The average molecular weight is 246 g/mol. The number of aromatic nitrogens is 3. The van der Waals surface area contributed by atoms with Crippen LogP contribution in [-0.2, 0) is 5.75 Å². The van der Waals surface area contributed by atoms with Crippen molar-refractivity contribution in [2.45, 2.75) is 17.8 Å². The SMILES string of the molecule is CNc1ccnc(CSc2nccc(C)n2)c1. The zero-order valence-corrected chi connectivity index (χ0v) is 10.7. The molecule has 2 aromatic rings. The second-order valence-electron chi connectivity index (χ2n) is 3.56. The largest absolute Gasteiger partial charge is 0.388 e. The van der Waals surface area contributed by atoms with Crippen molar-refractivity contribution in [1.29, 1.82) is 0 Å². The second-order valence-corrected chi connectivity index (χ2v) is 4.50. The van der Waals surface area contributed by atoms with E-state index in [0.29, 0.717) is 0 Å². The molecule has 1 N–H and O–H groups in total. The molecule has 88 valence electrons. The van der Waals surface area contributed by atoms with Gasteiger partial charge >= 0.3 is 0 Å². The molecule has 0 saturated heterocycles. The third kappa shape index (κ3) is 3.42. The van der Waals surface area contributed by atoms with Gasteiger partial charge in [0.05, 0.1) is 5.69 Å². The van der Waals surface area contributed by atoms with Crippen LogP contribution in [0.15, 0.2) is 35.7 Å². The van der Waals surface area contributed by atoms with Crippen molar-refractivity contribution in [1.82, 2.24) is 15.0 Å². The van der Waals surface area contributed by atoms with Crippen LogP contribution in [0.5, 0.6) is 0 Å². The lowest BCUT2D eigenvalue weighted by Gasteiger charge is -2.03. The Balaban J connectivity index is 2.02. The van der Waals surface area contributed by atoms with Gasteiger partial charge in [-0.3, -0.25) is 4.98 Å². The van der Waals surface area contributed by atoms with Crippen LogP contribution in [0.1, 0.15) is 11.4 Å². The number of anilines is 1. The lowest BCUT2D eigenvalue weighted by atomic mass is 10.3. The predicted molar refractivity (Wildman–Crippen MR) is 70.1 cm³/mol. The second kappa shape index (κ2) is 5.63. The molecule has 2 heterocycles. The van der Waals surface area contributed by atoms with Gasteiger partial charge in [0, 0.05) is 36.6 Å². The van der Waals surface area contributed by atoms with E-state index in [0.717, 1.165) is 28.0 Å². The molecule has 2 rings (SSSR count). The fraction of sp³-hybridized carbons (Fsp3) is 0.250. The molecule has 0 bridgehead atoms. The van der Waals surface area contributed by atoms with Crippen molar-refractivity contribution < 1.29 is 0 Å². The molecule has 0 aliphatic carbocycles. The van der Waals surface area contributed by atoms with Gasteiger partial charge in [0.15, 0.2) is 5.16 Å². The minimum atomic E-state index is 0.777. The number of rotatable bonds is 4. The lowest BCUT2D eigenvalue weighted by molar-refractivity contribution is 0.930. The van der Waals surface area contributed by atoms with E-state index in [9.17, 15) is 0 Å². The molecule has 0 saturated carbocycles. The Morgan fingerprint density at radius 2 is 2.06 bits per heavy atom. The summed E-state index contributed by atoms with van der Waals surface area (Å²) in [4.78, 5) is 12.9. The van der Waals surface area contributed by atoms with E-state index in [4.69, 9.17) is 0 Å². The molecule has 5 heteroatoms. The van der Waals surface area contributed by atoms with Crippen LogP contribution >= 0.6 is 11.8 Å². The first-order chi connectivity index (χ1) is 8.28. The van der Waals surface area contributed by atoms with Crippen molar-refractivity contribution in [2.24, 2.45) is 0 Å². The highest BCUT2D eigenvalue weighted by molar-refractivity contribution is 7.98. The van der Waals surface area contributed by atoms with Crippen LogP contribution in [0, 0.1) is 6.92 Å². The number of thioether (sulfide) groups is 1. The third-order valence-electron chi connectivity index (χ3n) is 2.23. The van der Waals surface area contributed by atoms with Crippen LogP contribution in [0.3, 0.4) is 0 Å². The van der Waals surface area contributed by atoms with E-state index in [1.165, 1.54) is 0 Å². The quantitative estimate of drug-likeness (QED) is 0.663. The van der Waals surface area contributed by atoms with Crippen molar-refractivity contribution in [3.8, 4) is 0 Å². The molecule has 4 nitrogen and oxygen atoms in total. The van der Waals surface area contributed by atoms with Gasteiger partial charge in [-0.2, -0.15) is 0 Å². The topological polar surface area (TPSA) is 50.7 Å². The zero-order valence-electron chi connectivity index (χ0n) is 9.84. The van der Waals surface area contributed by atoms with Gasteiger partial charge in [0.2, 0.25) is 0 Å². The summed E-state index contributed by atoms with van der Waals surface area (Å²) < 4.78 is 0. The number of hydrogen-bond donors (Lipinski definition) is 1. The zero-order chi connectivity index (χ0) is 12.1. The molecule has 17 heavy (non-hydrogen) atoms. The molecule has 0 fully saturated rings. The first kappa shape index (κ1) is 11.9.